The number of anilines is 1. The summed E-state index contributed by atoms with van der Waals surface area (Å²) in [6, 6.07) is 2.79. The minimum Gasteiger partial charge on any atom is -0.342 e. The first kappa shape index (κ1) is 12.0. The van der Waals surface area contributed by atoms with Gasteiger partial charge in [-0.3, -0.25) is 14.5 Å². The fourth-order valence-electron chi connectivity index (χ4n) is 1.71. The summed E-state index contributed by atoms with van der Waals surface area (Å²) in [5, 5.41) is 11.6. The quantitative estimate of drug-likeness (QED) is 0.726. The van der Waals surface area contributed by atoms with Crippen molar-refractivity contribution in [1.29, 1.82) is 5.26 Å². The maximum absolute atomic E-state index is 11.7. The maximum atomic E-state index is 11.7. The molecule has 1 unspecified atom stereocenters. The Morgan fingerprint density at radius 2 is 2.22 bits per heavy atom. The zero-order valence-corrected chi connectivity index (χ0v) is 9.97. The molecule has 2 amide bonds. The van der Waals surface area contributed by atoms with E-state index in [0.717, 1.165) is 4.90 Å². The van der Waals surface area contributed by atoms with Crippen LogP contribution < -0.4 is 5.32 Å². The van der Waals surface area contributed by atoms with Gasteiger partial charge in [-0.05, 0) is 13.0 Å². The fraction of sp³-hybridized carbons (Fsp3) is 0.364. The average Bonchev–Trinajstić information content (AvgIpc) is 2.56. The van der Waals surface area contributed by atoms with Crippen molar-refractivity contribution in [3.8, 4) is 6.07 Å². The summed E-state index contributed by atoms with van der Waals surface area (Å²) >= 11 is 0. The second kappa shape index (κ2) is 4.41. The molecule has 1 aliphatic rings. The number of aryl methyl sites for hydroxylation is 1. The van der Waals surface area contributed by atoms with E-state index in [1.807, 2.05) is 6.07 Å². The third-order valence-electron chi connectivity index (χ3n) is 2.65. The van der Waals surface area contributed by atoms with Crippen molar-refractivity contribution in [2.45, 2.75) is 19.4 Å². The molecular weight excluding hydrogens is 234 g/mol. The molecule has 0 saturated carbocycles. The molecule has 7 heteroatoms. The topological polar surface area (TPSA) is 99.0 Å². The summed E-state index contributed by atoms with van der Waals surface area (Å²) in [5.74, 6) is -0.373. The van der Waals surface area contributed by atoms with Crippen LogP contribution in [0.2, 0.25) is 0 Å². The van der Waals surface area contributed by atoms with Crippen LogP contribution in [-0.4, -0.2) is 39.8 Å². The molecule has 0 radical (unpaired) electrons. The van der Waals surface area contributed by atoms with E-state index in [1.54, 1.807) is 13.0 Å². The summed E-state index contributed by atoms with van der Waals surface area (Å²) in [4.78, 5) is 32.1. The summed E-state index contributed by atoms with van der Waals surface area (Å²) < 4.78 is 0. The van der Waals surface area contributed by atoms with E-state index in [2.05, 4.69) is 15.3 Å². The Morgan fingerprint density at radius 3 is 2.78 bits per heavy atom. The zero-order chi connectivity index (χ0) is 13.3. The third kappa shape index (κ3) is 2.13. The number of carbonyl (C=O) groups is 2. The summed E-state index contributed by atoms with van der Waals surface area (Å²) in [6.07, 6.45) is 0.0779. The van der Waals surface area contributed by atoms with Crippen molar-refractivity contribution < 1.29 is 9.59 Å². The van der Waals surface area contributed by atoms with E-state index in [9.17, 15) is 9.59 Å². The third-order valence-corrected chi connectivity index (χ3v) is 2.65. The monoisotopic (exact) mass is 245 g/mol. The number of nitrogens with zero attached hydrogens (tertiary/aromatic N) is 4. The van der Waals surface area contributed by atoms with Crippen molar-refractivity contribution in [1.82, 2.24) is 14.9 Å². The average molecular weight is 245 g/mol. The van der Waals surface area contributed by atoms with Crippen molar-refractivity contribution in [2.24, 2.45) is 0 Å². The lowest BCUT2D eigenvalue weighted by Gasteiger charge is -2.11. The molecule has 2 heterocycles. The molecule has 18 heavy (non-hydrogen) atoms. The molecule has 1 atom stereocenters. The van der Waals surface area contributed by atoms with Crippen LogP contribution in [0.5, 0.6) is 0 Å². The van der Waals surface area contributed by atoms with Crippen LogP contribution in [0.25, 0.3) is 0 Å². The lowest BCUT2D eigenvalue weighted by atomic mass is 10.2. The molecule has 0 aliphatic carbocycles. The van der Waals surface area contributed by atoms with Gasteiger partial charge in [-0.1, -0.05) is 0 Å². The van der Waals surface area contributed by atoms with E-state index in [4.69, 9.17) is 5.26 Å². The zero-order valence-electron chi connectivity index (χ0n) is 9.97. The Hall–Kier alpha value is -2.49. The van der Waals surface area contributed by atoms with Crippen molar-refractivity contribution >= 4 is 17.8 Å². The molecule has 0 bridgehead atoms. The number of imide groups is 1. The number of amides is 2. The predicted octanol–water partition coefficient (Wildman–Crippen LogP) is -0.174. The maximum Gasteiger partial charge on any atom is 0.252 e. The molecule has 1 fully saturated rings. The Kier molecular flexibility index (Phi) is 2.93. The van der Waals surface area contributed by atoms with Gasteiger partial charge in [-0.15, -0.1) is 0 Å². The number of nitriles is 1. The number of carbonyl (C=O) groups excluding carboxylic acids is 2. The molecule has 1 N–H and O–H groups in total. The first-order valence-electron chi connectivity index (χ1n) is 5.34. The lowest BCUT2D eigenvalue weighted by molar-refractivity contribution is -0.136. The normalized spacial score (nSPS) is 18.9. The molecule has 7 nitrogen and oxygen atoms in total. The Balaban J connectivity index is 2.20. The predicted molar refractivity (Wildman–Crippen MR) is 61.3 cm³/mol. The van der Waals surface area contributed by atoms with Crippen LogP contribution in [0.4, 0.5) is 5.95 Å². The van der Waals surface area contributed by atoms with Gasteiger partial charge in [0, 0.05) is 12.7 Å². The number of rotatable bonds is 2. The fourth-order valence-corrected chi connectivity index (χ4v) is 1.71. The Bertz CT molecular complexity index is 563. The van der Waals surface area contributed by atoms with E-state index < -0.39 is 6.04 Å². The molecule has 1 aliphatic heterocycles. The molecule has 1 saturated heterocycles. The molecule has 0 spiro atoms. The molecular formula is C11H11N5O2. The number of hydrogen-bond acceptors (Lipinski definition) is 6. The number of likely N-dealkylation sites (tertiary alicyclic amines) is 1. The second-order valence-electron chi connectivity index (χ2n) is 4.02. The molecule has 0 aromatic carbocycles. The number of nitrogens with one attached hydrogen (secondary N) is 1. The van der Waals surface area contributed by atoms with Crippen LogP contribution in [0.1, 0.15) is 17.8 Å². The first-order valence-corrected chi connectivity index (χ1v) is 5.34. The van der Waals surface area contributed by atoms with E-state index in [-0.39, 0.29) is 29.9 Å². The Labute approximate surface area is 103 Å². The van der Waals surface area contributed by atoms with Gasteiger partial charge in [0.25, 0.3) is 5.91 Å². The summed E-state index contributed by atoms with van der Waals surface area (Å²) in [7, 11) is 1.43. The highest BCUT2D eigenvalue weighted by Crippen LogP contribution is 2.15. The molecule has 92 valence electrons. The van der Waals surface area contributed by atoms with Crippen molar-refractivity contribution in [3.63, 3.8) is 0 Å². The lowest BCUT2D eigenvalue weighted by Crippen LogP contribution is -2.32. The largest absolute Gasteiger partial charge is 0.342 e. The van der Waals surface area contributed by atoms with E-state index >= 15 is 0 Å². The first-order chi connectivity index (χ1) is 8.51. The standard InChI is InChI=1S/C11H11N5O2/c1-6-3-7(5-12)14-11(13-6)15-8-4-9(17)16(2)10(8)18/h3,8H,4H2,1-2H3,(H,13,14,15). The van der Waals surface area contributed by atoms with Gasteiger partial charge >= 0.3 is 0 Å². The summed E-state index contributed by atoms with van der Waals surface area (Å²) in [6.45, 7) is 1.72. The molecule has 1 aromatic rings. The van der Waals surface area contributed by atoms with Gasteiger partial charge < -0.3 is 5.32 Å². The van der Waals surface area contributed by atoms with Gasteiger partial charge in [0.05, 0.1) is 6.42 Å². The van der Waals surface area contributed by atoms with Crippen molar-refractivity contribution in [3.05, 3.63) is 17.5 Å². The molecule has 2 rings (SSSR count). The van der Waals surface area contributed by atoms with Crippen LogP contribution in [0.3, 0.4) is 0 Å². The van der Waals surface area contributed by atoms with E-state index in [1.165, 1.54) is 7.05 Å². The minimum atomic E-state index is -0.657. The van der Waals surface area contributed by atoms with Gasteiger partial charge in [0.1, 0.15) is 17.8 Å². The highest BCUT2D eigenvalue weighted by atomic mass is 16.2. The molecule has 1 aromatic heterocycles. The van der Waals surface area contributed by atoms with Crippen LogP contribution >= 0.6 is 0 Å². The number of likely N-dealkylation sites (N-methyl/N-ethyl adjacent to an activating group) is 1. The minimum absolute atomic E-state index is 0.0779. The number of hydrogen-bond donors (Lipinski definition) is 1. The number of aromatic nitrogens is 2. The van der Waals surface area contributed by atoms with Gasteiger partial charge in [0.15, 0.2) is 0 Å². The van der Waals surface area contributed by atoms with Crippen LogP contribution in [0, 0.1) is 18.3 Å². The highest BCUT2D eigenvalue weighted by Gasteiger charge is 2.36. The highest BCUT2D eigenvalue weighted by molar-refractivity contribution is 6.06. The SMILES string of the molecule is Cc1cc(C#N)nc(NC2CC(=O)N(C)C2=O)n1. The van der Waals surface area contributed by atoms with Gasteiger partial charge in [-0.2, -0.15) is 5.26 Å². The van der Waals surface area contributed by atoms with Crippen LogP contribution in [-0.2, 0) is 9.59 Å². The van der Waals surface area contributed by atoms with Crippen molar-refractivity contribution in [2.75, 3.05) is 12.4 Å². The van der Waals surface area contributed by atoms with Gasteiger partial charge in [0.2, 0.25) is 11.9 Å². The smallest absolute Gasteiger partial charge is 0.252 e. The second-order valence-corrected chi connectivity index (χ2v) is 4.02. The summed E-state index contributed by atoms with van der Waals surface area (Å²) in [5.41, 5.74) is 0.837. The Morgan fingerprint density at radius 1 is 1.50 bits per heavy atom. The van der Waals surface area contributed by atoms with E-state index in [0.29, 0.717) is 5.69 Å². The van der Waals surface area contributed by atoms with Crippen LogP contribution in [0.15, 0.2) is 6.07 Å². The van der Waals surface area contributed by atoms with Gasteiger partial charge in [-0.25, -0.2) is 9.97 Å².